The van der Waals surface area contributed by atoms with Gasteiger partial charge in [-0.25, -0.2) is 13.4 Å². The number of sulfonamides is 1. The van der Waals surface area contributed by atoms with Crippen molar-refractivity contribution < 1.29 is 13.2 Å². The lowest BCUT2D eigenvalue weighted by Crippen LogP contribution is -2.37. The average Bonchev–Trinajstić information content (AvgIpc) is 2.75. The van der Waals surface area contributed by atoms with Crippen molar-refractivity contribution >= 4 is 33.2 Å². The Morgan fingerprint density at radius 3 is 2.41 bits per heavy atom. The molecule has 9 heteroatoms. The molecular weight excluding hydrogens is 426 g/mol. The number of ether oxygens (including phenoxy) is 1. The quantitative estimate of drug-likeness (QED) is 0.564. The summed E-state index contributed by atoms with van der Waals surface area (Å²) in [4.78, 5) is 11.3. The molecule has 1 fully saturated rings. The van der Waals surface area contributed by atoms with Crippen molar-refractivity contribution in [2.75, 3.05) is 41.2 Å². The summed E-state index contributed by atoms with van der Waals surface area (Å²) in [5.41, 5.74) is 3.97. The Kier molecular flexibility index (Phi) is 6.57. The van der Waals surface area contributed by atoms with Crippen LogP contribution in [0.3, 0.4) is 0 Å². The van der Waals surface area contributed by atoms with Gasteiger partial charge in [0.25, 0.3) is 0 Å². The molecule has 1 saturated heterocycles. The zero-order valence-electron chi connectivity index (χ0n) is 18.2. The Balaban J connectivity index is 1.42. The highest BCUT2D eigenvalue weighted by molar-refractivity contribution is 7.91. The molecule has 0 atom stereocenters. The standard InChI is InChI=1S/C23H27N5O3S/c1-17-4-3-5-19(14-17)16-32(29,30)27-21-8-6-20(7-9-21)25-22-15-18(2)24-23(26-22)28-10-12-31-13-11-28/h3-9,14-15,27H,10-13,16H2,1-2H3,(H,24,25,26). The fourth-order valence-corrected chi connectivity index (χ4v) is 4.71. The topological polar surface area (TPSA) is 96.5 Å². The third-order valence-electron chi connectivity index (χ3n) is 5.01. The van der Waals surface area contributed by atoms with E-state index in [4.69, 9.17) is 4.74 Å². The Bertz CT molecular complexity index is 1180. The maximum absolute atomic E-state index is 12.5. The van der Waals surface area contributed by atoms with E-state index in [1.807, 2.05) is 56.3 Å². The van der Waals surface area contributed by atoms with Gasteiger partial charge in [0.2, 0.25) is 16.0 Å². The van der Waals surface area contributed by atoms with Crippen LogP contribution in [-0.4, -0.2) is 44.7 Å². The van der Waals surface area contributed by atoms with Gasteiger partial charge in [-0.2, -0.15) is 4.98 Å². The summed E-state index contributed by atoms with van der Waals surface area (Å²) in [5.74, 6) is 1.29. The first kappa shape index (κ1) is 22.0. The van der Waals surface area contributed by atoms with Gasteiger partial charge in [-0.3, -0.25) is 4.72 Å². The summed E-state index contributed by atoms with van der Waals surface area (Å²) in [6.45, 7) is 6.74. The zero-order valence-corrected chi connectivity index (χ0v) is 19.0. The molecule has 3 aromatic rings. The van der Waals surface area contributed by atoms with Crippen molar-refractivity contribution in [2.24, 2.45) is 0 Å². The lowest BCUT2D eigenvalue weighted by molar-refractivity contribution is 0.122. The molecule has 2 aromatic carbocycles. The normalized spacial score (nSPS) is 14.2. The molecule has 0 aliphatic carbocycles. The summed E-state index contributed by atoms with van der Waals surface area (Å²) in [5, 5.41) is 3.27. The van der Waals surface area contributed by atoms with E-state index >= 15 is 0 Å². The van der Waals surface area contributed by atoms with E-state index in [1.165, 1.54) is 0 Å². The molecule has 0 bridgehead atoms. The molecule has 168 valence electrons. The van der Waals surface area contributed by atoms with Crippen LogP contribution in [0, 0.1) is 13.8 Å². The minimum absolute atomic E-state index is 0.0702. The Morgan fingerprint density at radius 1 is 0.969 bits per heavy atom. The predicted octanol–water partition coefficient (Wildman–Crippen LogP) is 3.62. The molecule has 0 spiro atoms. The SMILES string of the molecule is Cc1cccc(CS(=O)(=O)Nc2ccc(Nc3cc(C)nc(N4CCOCC4)n3)cc2)c1. The van der Waals surface area contributed by atoms with E-state index in [1.54, 1.807) is 12.1 Å². The molecule has 8 nitrogen and oxygen atoms in total. The smallest absolute Gasteiger partial charge is 0.236 e. The third-order valence-corrected chi connectivity index (χ3v) is 6.27. The van der Waals surface area contributed by atoms with Crippen molar-refractivity contribution in [3.63, 3.8) is 0 Å². The number of nitrogens with zero attached hydrogens (tertiary/aromatic N) is 3. The van der Waals surface area contributed by atoms with Gasteiger partial charge in [0.05, 0.1) is 19.0 Å². The van der Waals surface area contributed by atoms with Gasteiger partial charge >= 0.3 is 0 Å². The fraction of sp³-hybridized carbons (Fsp3) is 0.304. The van der Waals surface area contributed by atoms with Gasteiger partial charge < -0.3 is 15.0 Å². The van der Waals surface area contributed by atoms with E-state index in [0.29, 0.717) is 30.7 Å². The van der Waals surface area contributed by atoms with E-state index in [0.717, 1.165) is 35.6 Å². The van der Waals surface area contributed by atoms with Crippen LogP contribution in [0.15, 0.2) is 54.6 Å². The van der Waals surface area contributed by atoms with Gasteiger partial charge in [0.1, 0.15) is 5.82 Å². The molecule has 0 saturated carbocycles. The number of rotatable bonds is 7. The number of morpholine rings is 1. The number of aryl methyl sites for hydroxylation is 2. The molecule has 0 radical (unpaired) electrons. The van der Waals surface area contributed by atoms with E-state index in [-0.39, 0.29) is 5.75 Å². The first-order valence-corrected chi connectivity index (χ1v) is 12.1. The van der Waals surface area contributed by atoms with E-state index < -0.39 is 10.0 Å². The molecule has 2 N–H and O–H groups in total. The van der Waals surface area contributed by atoms with Crippen LogP contribution >= 0.6 is 0 Å². The third kappa shape index (κ3) is 5.95. The van der Waals surface area contributed by atoms with Gasteiger partial charge in [0, 0.05) is 36.2 Å². The van der Waals surface area contributed by atoms with Gasteiger partial charge in [-0.1, -0.05) is 29.8 Å². The van der Waals surface area contributed by atoms with E-state index in [2.05, 4.69) is 24.9 Å². The second kappa shape index (κ2) is 9.54. The molecule has 1 aromatic heterocycles. The highest BCUT2D eigenvalue weighted by atomic mass is 32.2. The number of hydrogen-bond acceptors (Lipinski definition) is 7. The van der Waals surface area contributed by atoms with Crippen molar-refractivity contribution in [3.05, 3.63) is 71.4 Å². The van der Waals surface area contributed by atoms with Crippen LogP contribution in [-0.2, 0) is 20.5 Å². The minimum atomic E-state index is -3.51. The van der Waals surface area contributed by atoms with Crippen molar-refractivity contribution in [2.45, 2.75) is 19.6 Å². The number of nitrogens with one attached hydrogen (secondary N) is 2. The Hall–Kier alpha value is -3.17. The number of hydrogen-bond donors (Lipinski definition) is 2. The maximum Gasteiger partial charge on any atom is 0.236 e. The van der Waals surface area contributed by atoms with Gasteiger partial charge in [-0.05, 0) is 43.7 Å². The van der Waals surface area contributed by atoms with Crippen LogP contribution in [0.2, 0.25) is 0 Å². The average molecular weight is 454 g/mol. The monoisotopic (exact) mass is 453 g/mol. The predicted molar refractivity (Wildman–Crippen MR) is 127 cm³/mol. The van der Waals surface area contributed by atoms with Crippen LogP contribution in [0.1, 0.15) is 16.8 Å². The Morgan fingerprint density at radius 2 is 1.69 bits per heavy atom. The first-order chi connectivity index (χ1) is 15.4. The second-order valence-electron chi connectivity index (χ2n) is 7.85. The minimum Gasteiger partial charge on any atom is -0.378 e. The summed E-state index contributed by atoms with van der Waals surface area (Å²) < 4.78 is 33.1. The lowest BCUT2D eigenvalue weighted by Gasteiger charge is -2.27. The first-order valence-electron chi connectivity index (χ1n) is 10.5. The van der Waals surface area contributed by atoms with Crippen LogP contribution in [0.25, 0.3) is 0 Å². The van der Waals surface area contributed by atoms with Gasteiger partial charge in [-0.15, -0.1) is 0 Å². The van der Waals surface area contributed by atoms with Gasteiger partial charge in [0.15, 0.2) is 0 Å². The number of aromatic nitrogens is 2. The number of benzene rings is 2. The summed E-state index contributed by atoms with van der Waals surface area (Å²) in [6, 6.07) is 16.5. The van der Waals surface area contributed by atoms with Crippen molar-refractivity contribution in [1.82, 2.24) is 9.97 Å². The van der Waals surface area contributed by atoms with E-state index in [9.17, 15) is 8.42 Å². The molecule has 1 aliphatic rings. The highest BCUT2D eigenvalue weighted by Crippen LogP contribution is 2.22. The molecule has 0 unspecified atom stereocenters. The largest absolute Gasteiger partial charge is 0.378 e. The summed E-state index contributed by atoms with van der Waals surface area (Å²) >= 11 is 0. The lowest BCUT2D eigenvalue weighted by atomic mass is 10.2. The maximum atomic E-state index is 12.5. The molecule has 32 heavy (non-hydrogen) atoms. The zero-order chi connectivity index (χ0) is 22.6. The molecule has 1 aliphatic heterocycles. The molecule has 0 amide bonds. The molecular formula is C23H27N5O3S. The summed E-state index contributed by atoms with van der Waals surface area (Å²) in [7, 11) is -3.51. The second-order valence-corrected chi connectivity index (χ2v) is 9.57. The fourth-order valence-electron chi connectivity index (χ4n) is 3.53. The number of anilines is 4. The van der Waals surface area contributed by atoms with Crippen molar-refractivity contribution in [1.29, 1.82) is 0 Å². The molecule has 2 heterocycles. The summed E-state index contributed by atoms with van der Waals surface area (Å²) in [6.07, 6.45) is 0. The van der Waals surface area contributed by atoms with Crippen LogP contribution in [0.5, 0.6) is 0 Å². The van der Waals surface area contributed by atoms with Crippen LogP contribution < -0.4 is 14.9 Å². The molecule has 4 rings (SSSR count). The van der Waals surface area contributed by atoms with Crippen LogP contribution in [0.4, 0.5) is 23.1 Å². The highest BCUT2D eigenvalue weighted by Gasteiger charge is 2.15. The van der Waals surface area contributed by atoms with Crippen molar-refractivity contribution in [3.8, 4) is 0 Å². The Labute approximate surface area is 188 Å².